The molecule has 1 aromatic heterocycles. The summed E-state index contributed by atoms with van der Waals surface area (Å²) in [6.45, 7) is 13.6. The Kier molecular flexibility index (Phi) is 9.06. The van der Waals surface area contributed by atoms with Crippen LogP contribution in [0.1, 0.15) is 70.7 Å². The molecule has 2 aliphatic rings. The van der Waals surface area contributed by atoms with E-state index in [1.54, 1.807) is 6.20 Å². The summed E-state index contributed by atoms with van der Waals surface area (Å²) in [7, 11) is 0. The topological polar surface area (TPSA) is 56.8 Å². The number of nitrogens with zero attached hydrogens (tertiary/aromatic N) is 4. The Balaban J connectivity index is 1.56. The summed E-state index contributed by atoms with van der Waals surface area (Å²) in [5.41, 5.74) is 1.95. The van der Waals surface area contributed by atoms with Crippen LogP contribution >= 0.6 is 23.2 Å². The molecule has 4 rings (SSSR count). The summed E-state index contributed by atoms with van der Waals surface area (Å²) >= 11 is 12.2. The first-order valence-corrected chi connectivity index (χ1v) is 14.4. The molecule has 2 amide bonds. The highest BCUT2D eigenvalue weighted by Gasteiger charge is 2.44. The van der Waals surface area contributed by atoms with Crippen molar-refractivity contribution in [2.75, 3.05) is 32.7 Å². The number of hydrogen-bond acceptors (Lipinski definition) is 4. The van der Waals surface area contributed by atoms with E-state index in [1.807, 2.05) is 60.0 Å². The molecule has 0 aliphatic carbocycles. The van der Waals surface area contributed by atoms with Crippen molar-refractivity contribution in [1.82, 2.24) is 19.7 Å². The molecule has 8 heteroatoms. The summed E-state index contributed by atoms with van der Waals surface area (Å²) in [5, 5.41) is 1.28. The minimum Gasteiger partial charge on any atom is -0.341 e. The van der Waals surface area contributed by atoms with Gasteiger partial charge in [0.1, 0.15) is 0 Å². The normalized spacial score (nSPS) is 23.4. The third-order valence-corrected chi connectivity index (χ3v) is 8.43. The van der Waals surface area contributed by atoms with E-state index >= 15 is 0 Å². The van der Waals surface area contributed by atoms with Gasteiger partial charge in [0.2, 0.25) is 11.8 Å². The number of carbonyl (C=O) groups is 2. The van der Waals surface area contributed by atoms with Gasteiger partial charge in [-0.05, 0) is 63.4 Å². The third kappa shape index (κ3) is 6.52. The Morgan fingerprint density at radius 1 is 0.947 bits per heavy atom. The molecule has 2 aliphatic heterocycles. The lowest BCUT2D eigenvalue weighted by Crippen LogP contribution is -2.48. The SMILES string of the molecule is CC(C)C(=O)N1CCN(C(=O)C2CN(C(C)(C)C)C[C@H]2c2ccc(Cl)cn2)CCCC1c1ccc(Cl)cc1. The van der Waals surface area contributed by atoms with E-state index in [2.05, 4.69) is 30.7 Å². The van der Waals surface area contributed by atoms with Crippen LogP contribution in [0.3, 0.4) is 0 Å². The predicted octanol–water partition coefficient (Wildman–Crippen LogP) is 6.05. The average Bonchev–Trinajstić information content (AvgIpc) is 3.31. The van der Waals surface area contributed by atoms with Crippen molar-refractivity contribution in [3.8, 4) is 0 Å². The number of rotatable bonds is 4. The maximum Gasteiger partial charge on any atom is 0.227 e. The molecule has 1 aromatic carbocycles. The van der Waals surface area contributed by atoms with Crippen LogP contribution in [0.2, 0.25) is 10.0 Å². The number of likely N-dealkylation sites (tertiary alicyclic amines) is 1. The second-order valence-corrected chi connectivity index (χ2v) is 12.8. The molecule has 38 heavy (non-hydrogen) atoms. The second kappa shape index (κ2) is 11.9. The summed E-state index contributed by atoms with van der Waals surface area (Å²) in [4.78, 5) is 38.4. The molecule has 2 unspecified atom stereocenters. The van der Waals surface area contributed by atoms with Gasteiger partial charge in [0.25, 0.3) is 0 Å². The second-order valence-electron chi connectivity index (χ2n) is 11.9. The van der Waals surface area contributed by atoms with Gasteiger partial charge in [-0.25, -0.2) is 0 Å². The van der Waals surface area contributed by atoms with Gasteiger partial charge < -0.3 is 9.80 Å². The highest BCUT2D eigenvalue weighted by molar-refractivity contribution is 6.30. The molecule has 206 valence electrons. The van der Waals surface area contributed by atoms with E-state index in [-0.39, 0.29) is 41.1 Å². The molecule has 0 N–H and O–H groups in total. The molecule has 6 nitrogen and oxygen atoms in total. The molecular weight excluding hydrogens is 519 g/mol. The smallest absolute Gasteiger partial charge is 0.227 e. The lowest BCUT2D eigenvalue weighted by molar-refractivity contribution is -0.142. The van der Waals surface area contributed by atoms with Crippen LogP contribution < -0.4 is 0 Å². The van der Waals surface area contributed by atoms with Crippen LogP contribution in [0.15, 0.2) is 42.6 Å². The Hall–Kier alpha value is -2.15. The van der Waals surface area contributed by atoms with Gasteiger partial charge in [-0.15, -0.1) is 0 Å². The molecule has 3 atom stereocenters. The van der Waals surface area contributed by atoms with Crippen molar-refractivity contribution in [2.45, 2.75) is 65.0 Å². The lowest BCUT2D eigenvalue weighted by atomic mass is 9.90. The lowest BCUT2D eigenvalue weighted by Gasteiger charge is -2.39. The van der Waals surface area contributed by atoms with Crippen LogP contribution in [0, 0.1) is 11.8 Å². The fraction of sp³-hybridized carbons (Fsp3) is 0.567. The third-order valence-electron chi connectivity index (χ3n) is 7.95. The van der Waals surface area contributed by atoms with Crippen LogP contribution in [-0.2, 0) is 9.59 Å². The predicted molar refractivity (Wildman–Crippen MR) is 153 cm³/mol. The van der Waals surface area contributed by atoms with Crippen molar-refractivity contribution in [3.63, 3.8) is 0 Å². The van der Waals surface area contributed by atoms with E-state index in [4.69, 9.17) is 23.2 Å². The first-order valence-electron chi connectivity index (χ1n) is 13.7. The Labute approximate surface area is 237 Å². The average molecular weight is 560 g/mol. The number of halogens is 2. The summed E-state index contributed by atoms with van der Waals surface area (Å²) in [6.07, 6.45) is 3.28. The monoisotopic (exact) mass is 558 g/mol. The van der Waals surface area contributed by atoms with Gasteiger partial charge in [-0.2, -0.15) is 0 Å². The first-order chi connectivity index (χ1) is 18.0. The van der Waals surface area contributed by atoms with Gasteiger partial charge in [0.05, 0.1) is 17.0 Å². The minimum absolute atomic E-state index is 0.000327. The largest absolute Gasteiger partial charge is 0.341 e. The maximum absolute atomic E-state index is 14.1. The van der Waals surface area contributed by atoms with Gasteiger partial charge >= 0.3 is 0 Å². The summed E-state index contributed by atoms with van der Waals surface area (Å²) < 4.78 is 0. The number of aromatic nitrogens is 1. The number of carbonyl (C=O) groups excluding carboxylic acids is 2. The standard InChI is InChI=1S/C30H40Cl2N4O2/c1-20(2)28(37)36-16-15-34(14-6-7-27(36)21-8-10-22(31)11-9-21)29(38)25-19-35(30(3,4)5)18-24(25)26-13-12-23(32)17-33-26/h8-13,17,20,24-25,27H,6-7,14-16,18-19H2,1-5H3/t24-,25?,27?/m1/s1. The molecule has 0 saturated carbocycles. The van der Waals surface area contributed by atoms with Gasteiger partial charge in [0, 0.05) is 67.0 Å². The van der Waals surface area contributed by atoms with Crippen LogP contribution in [0.5, 0.6) is 0 Å². The van der Waals surface area contributed by atoms with E-state index < -0.39 is 0 Å². The molecule has 0 spiro atoms. The number of benzene rings is 1. The van der Waals surface area contributed by atoms with Gasteiger partial charge in [-0.1, -0.05) is 49.2 Å². The minimum atomic E-state index is -0.191. The zero-order chi connectivity index (χ0) is 27.6. The zero-order valence-electron chi connectivity index (χ0n) is 23.2. The van der Waals surface area contributed by atoms with E-state index in [0.717, 1.165) is 30.6 Å². The van der Waals surface area contributed by atoms with Crippen molar-refractivity contribution in [3.05, 3.63) is 63.9 Å². The highest BCUT2D eigenvalue weighted by Crippen LogP contribution is 2.37. The van der Waals surface area contributed by atoms with Crippen molar-refractivity contribution >= 4 is 35.0 Å². The first kappa shape index (κ1) is 28.8. The number of pyridine rings is 1. The van der Waals surface area contributed by atoms with Crippen LogP contribution in [0.25, 0.3) is 0 Å². The number of amides is 2. The molecule has 2 fully saturated rings. The maximum atomic E-state index is 14.1. The molecule has 0 radical (unpaired) electrons. The molecule has 2 saturated heterocycles. The highest BCUT2D eigenvalue weighted by atomic mass is 35.5. The van der Waals surface area contributed by atoms with E-state index in [0.29, 0.717) is 36.2 Å². The van der Waals surface area contributed by atoms with Crippen molar-refractivity contribution in [1.29, 1.82) is 0 Å². The molecular formula is C30H40Cl2N4O2. The molecule has 2 aromatic rings. The summed E-state index contributed by atoms with van der Waals surface area (Å²) in [5.74, 6) is -0.0464. The van der Waals surface area contributed by atoms with Crippen molar-refractivity contribution < 1.29 is 9.59 Å². The zero-order valence-corrected chi connectivity index (χ0v) is 24.7. The van der Waals surface area contributed by atoms with E-state index in [9.17, 15) is 9.59 Å². The Morgan fingerprint density at radius 3 is 2.24 bits per heavy atom. The van der Waals surface area contributed by atoms with Crippen LogP contribution in [-0.4, -0.2) is 69.8 Å². The number of hydrogen-bond donors (Lipinski definition) is 0. The Bertz CT molecular complexity index is 1110. The summed E-state index contributed by atoms with van der Waals surface area (Å²) in [6, 6.07) is 11.6. The van der Waals surface area contributed by atoms with Crippen LogP contribution in [0.4, 0.5) is 0 Å². The van der Waals surface area contributed by atoms with Gasteiger partial charge in [-0.3, -0.25) is 19.5 Å². The fourth-order valence-electron chi connectivity index (χ4n) is 5.72. The van der Waals surface area contributed by atoms with Crippen molar-refractivity contribution in [2.24, 2.45) is 11.8 Å². The Morgan fingerprint density at radius 2 is 1.63 bits per heavy atom. The molecule has 0 bridgehead atoms. The quantitative estimate of drug-likeness (QED) is 0.458. The fourth-order valence-corrected chi connectivity index (χ4v) is 5.96. The van der Waals surface area contributed by atoms with Gasteiger partial charge in [0.15, 0.2) is 0 Å². The molecule has 3 heterocycles. The van der Waals surface area contributed by atoms with E-state index in [1.165, 1.54) is 0 Å².